The van der Waals surface area contributed by atoms with Gasteiger partial charge in [0.2, 0.25) is 17.7 Å². The summed E-state index contributed by atoms with van der Waals surface area (Å²) in [5, 5.41) is 3.10. The first-order chi connectivity index (χ1) is 22.6. The summed E-state index contributed by atoms with van der Waals surface area (Å²) in [4.78, 5) is 36.4. The lowest BCUT2D eigenvalue weighted by atomic mass is 10.1. The van der Waals surface area contributed by atoms with Gasteiger partial charge in [-0.3, -0.25) is 23.0 Å². The standard InChI is InChI=1S/C32H36N6O8S2/c1-20(2)31(35)32(41)36-21-8-12-23(13-9-21)47(42,43)37(18-29(33)39)27-16-17-28(26-7-5-4-6-25(26)27)38(19-30(34)40)48(44,45)24-14-10-22(46-3)11-15-24/h4-17,20,31H,18-19,35H2,1-3H3,(H2,33,39)(H2,34,40)(H,36,41)/t31-/m0/s1. The monoisotopic (exact) mass is 696 g/mol. The first-order valence-electron chi connectivity index (χ1n) is 14.5. The number of hydrogen-bond donors (Lipinski definition) is 4. The number of nitrogens with one attached hydrogen (secondary N) is 1. The molecule has 4 aromatic carbocycles. The number of fused-ring (bicyclic) bond motifs is 1. The molecule has 4 rings (SSSR count). The molecule has 1 atom stereocenters. The van der Waals surface area contributed by atoms with E-state index in [4.69, 9.17) is 21.9 Å². The predicted octanol–water partition coefficient (Wildman–Crippen LogP) is 2.13. The average molecular weight is 697 g/mol. The number of carbonyl (C=O) groups is 3. The maximum absolute atomic E-state index is 14.0. The van der Waals surface area contributed by atoms with Crippen LogP contribution in [0.3, 0.4) is 0 Å². The summed E-state index contributed by atoms with van der Waals surface area (Å²) in [6.07, 6.45) is 0. The summed E-state index contributed by atoms with van der Waals surface area (Å²) < 4.78 is 62.5. The quantitative estimate of drug-likeness (QED) is 0.151. The second kappa shape index (κ2) is 14.3. The van der Waals surface area contributed by atoms with E-state index in [1.807, 2.05) is 0 Å². The van der Waals surface area contributed by atoms with Gasteiger partial charge in [0, 0.05) is 16.5 Å². The maximum atomic E-state index is 14.0. The number of ether oxygens (including phenoxy) is 1. The van der Waals surface area contributed by atoms with Crippen molar-refractivity contribution in [3.8, 4) is 5.75 Å². The van der Waals surface area contributed by atoms with Gasteiger partial charge in [0.15, 0.2) is 0 Å². The van der Waals surface area contributed by atoms with Crippen molar-refractivity contribution in [2.75, 3.05) is 34.1 Å². The Labute approximate surface area is 278 Å². The lowest BCUT2D eigenvalue weighted by Gasteiger charge is -2.28. The molecule has 0 saturated heterocycles. The van der Waals surface area contributed by atoms with Crippen molar-refractivity contribution < 1.29 is 36.0 Å². The van der Waals surface area contributed by atoms with Crippen molar-refractivity contribution in [3.05, 3.63) is 84.9 Å². The number of anilines is 3. The van der Waals surface area contributed by atoms with Crippen molar-refractivity contribution >= 4 is 65.6 Å². The Kier molecular flexibility index (Phi) is 10.6. The van der Waals surface area contributed by atoms with Crippen LogP contribution in [0, 0.1) is 5.92 Å². The van der Waals surface area contributed by atoms with Crippen molar-refractivity contribution in [1.29, 1.82) is 0 Å². The van der Waals surface area contributed by atoms with Gasteiger partial charge in [-0.05, 0) is 66.6 Å². The molecule has 48 heavy (non-hydrogen) atoms. The van der Waals surface area contributed by atoms with Crippen LogP contribution in [0.25, 0.3) is 10.8 Å². The summed E-state index contributed by atoms with van der Waals surface area (Å²) >= 11 is 0. The Morgan fingerprint density at radius 1 is 0.708 bits per heavy atom. The predicted molar refractivity (Wildman–Crippen MR) is 182 cm³/mol. The minimum atomic E-state index is -4.47. The fourth-order valence-corrected chi connectivity index (χ4v) is 7.73. The second-order valence-electron chi connectivity index (χ2n) is 11.1. The van der Waals surface area contributed by atoms with Crippen LogP contribution in [0.5, 0.6) is 5.75 Å². The molecule has 0 fully saturated rings. The molecule has 4 aromatic rings. The lowest BCUT2D eigenvalue weighted by molar-refractivity contribution is -0.118. The van der Waals surface area contributed by atoms with E-state index in [-0.39, 0.29) is 37.9 Å². The number of nitrogens with zero attached hydrogens (tertiary/aromatic N) is 2. The number of carbonyl (C=O) groups excluding carboxylic acids is 3. The van der Waals surface area contributed by atoms with Gasteiger partial charge in [0.25, 0.3) is 20.0 Å². The molecule has 0 aliphatic heterocycles. The van der Waals surface area contributed by atoms with Crippen molar-refractivity contribution in [3.63, 3.8) is 0 Å². The maximum Gasteiger partial charge on any atom is 0.264 e. The Morgan fingerprint density at radius 3 is 1.50 bits per heavy atom. The smallest absolute Gasteiger partial charge is 0.264 e. The zero-order valence-corrected chi connectivity index (χ0v) is 28.0. The number of nitrogens with two attached hydrogens (primary N) is 3. The van der Waals surface area contributed by atoms with Crippen LogP contribution >= 0.6 is 0 Å². The second-order valence-corrected chi connectivity index (χ2v) is 14.8. The third kappa shape index (κ3) is 7.51. The number of hydrogen-bond acceptors (Lipinski definition) is 9. The molecule has 254 valence electrons. The highest BCUT2D eigenvalue weighted by Gasteiger charge is 2.32. The molecular weight excluding hydrogens is 661 g/mol. The van der Waals surface area contributed by atoms with E-state index in [9.17, 15) is 31.2 Å². The van der Waals surface area contributed by atoms with E-state index in [1.54, 1.807) is 32.0 Å². The van der Waals surface area contributed by atoms with Crippen LogP contribution in [0.1, 0.15) is 13.8 Å². The van der Waals surface area contributed by atoms with Gasteiger partial charge in [-0.25, -0.2) is 16.8 Å². The molecule has 0 unspecified atom stereocenters. The largest absolute Gasteiger partial charge is 0.497 e. The van der Waals surface area contributed by atoms with E-state index >= 15 is 0 Å². The van der Waals surface area contributed by atoms with Crippen molar-refractivity contribution in [2.45, 2.75) is 29.7 Å². The summed E-state index contributed by atoms with van der Waals surface area (Å²) in [5.41, 5.74) is 17.2. The van der Waals surface area contributed by atoms with Crippen molar-refractivity contribution in [2.24, 2.45) is 23.1 Å². The topological polar surface area (TPSA) is 225 Å². The zero-order valence-electron chi connectivity index (χ0n) is 26.4. The molecule has 0 aromatic heterocycles. The van der Waals surface area contributed by atoms with Gasteiger partial charge in [-0.2, -0.15) is 0 Å². The molecule has 0 saturated carbocycles. The summed E-state index contributed by atoms with van der Waals surface area (Å²) in [5.74, 6) is -2.06. The fourth-order valence-electron chi connectivity index (χ4n) is 4.83. The molecule has 0 aliphatic rings. The normalized spacial score (nSPS) is 12.4. The minimum Gasteiger partial charge on any atom is -0.497 e. The van der Waals surface area contributed by atoms with Crippen LogP contribution in [0.15, 0.2) is 94.7 Å². The van der Waals surface area contributed by atoms with Crippen LogP contribution in [0.4, 0.5) is 17.1 Å². The Balaban J connectivity index is 1.82. The number of sulfonamides is 2. The highest BCUT2D eigenvalue weighted by molar-refractivity contribution is 7.93. The Morgan fingerprint density at radius 2 is 1.12 bits per heavy atom. The first-order valence-corrected chi connectivity index (χ1v) is 17.4. The number of amides is 3. The van der Waals surface area contributed by atoms with Gasteiger partial charge in [-0.15, -0.1) is 0 Å². The highest BCUT2D eigenvalue weighted by Crippen LogP contribution is 2.38. The highest BCUT2D eigenvalue weighted by atomic mass is 32.2. The number of methoxy groups -OCH3 is 1. The molecule has 16 heteroatoms. The van der Waals surface area contributed by atoms with Gasteiger partial charge in [-0.1, -0.05) is 38.1 Å². The zero-order chi connectivity index (χ0) is 35.4. The number of rotatable bonds is 14. The molecular formula is C32H36N6O8S2. The van der Waals surface area contributed by atoms with E-state index < -0.39 is 56.9 Å². The third-order valence-corrected chi connectivity index (χ3v) is 10.9. The number of primary amides is 2. The third-order valence-electron chi connectivity index (χ3n) is 7.39. The lowest BCUT2D eigenvalue weighted by Crippen LogP contribution is -2.40. The summed E-state index contributed by atoms with van der Waals surface area (Å²) in [6, 6.07) is 18.9. The van der Waals surface area contributed by atoms with Crippen LogP contribution in [-0.4, -0.2) is 60.8 Å². The minimum absolute atomic E-state index is 0.00862. The van der Waals surface area contributed by atoms with Gasteiger partial charge < -0.3 is 27.3 Å². The van der Waals surface area contributed by atoms with Gasteiger partial charge >= 0.3 is 0 Å². The summed E-state index contributed by atoms with van der Waals surface area (Å²) in [6.45, 7) is 2.09. The van der Waals surface area contributed by atoms with Gasteiger partial charge in [0.1, 0.15) is 18.8 Å². The molecule has 0 spiro atoms. The first kappa shape index (κ1) is 35.7. The Hall–Kier alpha value is -5.19. The fraction of sp³-hybridized carbons (Fsp3) is 0.219. The van der Waals surface area contributed by atoms with Crippen LogP contribution in [-0.2, 0) is 34.4 Å². The Bertz CT molecular complexity index is 2050. The average Bonchev–Trinajstić information content (AvgIpc) is 3.05. The summed E-state index contributed by atoms with van der Waals surface area (Å²) in [7, 11) is -7.42. The molecule has 0 heterocycles. The molecule has 3 amide bonds. The molecule has 0 aliphatic carbocycles. The molecule has 7 N–H and O–H groups in total. The SMILES string of the molecule is COc1ccc(S(=O)(=O)N(CC(N)=O)c2ccc(N(CC(N)=O)S(=O)(=O)c3ccc(NC(=O)[C@@H](N)C(C)C)cc3)c3ccccc23)cc1. The van der Waals surface area contributed by atoms with Gasteiger partial charge in [0.05, 0.1) is 34.3 Å². The van der Waals surface area contributed by atoms with Crippen LogP contribution in [0.2, 0.25) is 0 Å². The van der Waals surface area contributed by atoms with E-state index in [2.05, 4.69) is 5.32 Å². The molecule has 0 radical (unpaired) electrons. The molecule has 0 bridgehead atoms. The van der Waals surface area contributed by atoms with Crippen LogP contribution < -0.4 is 35.9 Å². The van der Waals surface area contributed by atoms with E-state index in [0.29, 0.717) is 11.4 Å². The number of benzene rings is 4. The molecule has 14 nitrogen and oxygen atoms in total. The van der Waals surface area contributed by atoms with Crippen molar-refractivity contribution in [1.82, 2.24) is 0 Å². The van der Waals surface area contributed by atoms with E-state index in [1.165, 1.54) is 73.8 Å². The van der Waals surface area contributed by atoms with E-state index in [0.717, 1.165) is 8.61 Å².